The summed E-state index contributed by atoms with van der Waals surface area (Å²) in [5, 5.41) is 57.3. The van der Waals surface area contributed by atoms with Gasteiger partial charge in [-0.2, -0.15) is 0 Å². The maximum atomic E-state index is 13.5. The molecule has 1 rings (SSSR count). The Bertz CT molecular complexity index is 1560. The number of carbonyl (C=O) groups is 2. The Kier molecular flexibility index (Phi) is 61.0. The van der Waals surface area contributed by atoms with Crippen LogP contribution in [0.2, 0.25) is 0 Å². The number of esters is 1. The Morgan fingerprint density at radius 2 is 0.793 bits per heavy atom. The van der Waals surface area contributed by atoms with Crippen molar-refractivity contribution in [2.45, 2.75) is 423 Å². The largest absolute Gasteiger partial charge is 0.454 e. The van der Waals surface area contributed by atoms with E-state index in [-0.39, 0.29) is 13.0 Å². The molecule has 0 spiro atoms. The van der Waals surface area contributed by atoms with Gasteiger partial charge in [-0.05, 0) is 57.8 Å². The lowest BCUT2D eigenvalue weighted by atomic mass is 9.99. The van der Waals surface area contributed by atoms with Crippen molar-refractivity contribution >= 4 is 11.9 Å². The molecule has 1 fully saturated rings. The molecule has 1 aliphatic heterocycles. The molecule has 0 aromatic rings. The van der Waals surface area contributed by atoms with Crippen LogP contribution in [0.4, 0.5) is 0 Å². The molecule has 0 aliphatic carbocycles. The number of rotatable bonds is 66. The molecule has 8 atom stereocenters. The molecule has 11 heteroatoms. The first-order valence-corrected chi connectivity index (χ1v) is 37.8. The van der Waals surface area contributed by atoms with Gasteiger partial charge in [0.2, 0.25) is 5.91 Å². The lowest BCUT2D eigenvalue weighted by molar-refractivity contribution is -0.305. The lowest BCUT2D eigenvalue weighted by Gasteiger charge is -2.41. The van der Waals surface area contributed by atoms with Crippen LogP contribution in [0.5, 0.6) is 0 Å². The Labute approximate surface area is 536 Å². The zero-order valence-corrected chi connectivity index (χ0v) is 57.2. The molecule has 8 unspecified atom stereocenters. The molecule has 1 saturated heterocycles. The fourth-order valence-corrected chi connectivity index (χ4v) is 12.1. The van der Waals surface area contributed by atoms with Crippen molar-refractivity contribution in [1.82, 2.24) is 5.32 Å². The van der Waals surface area contributed by atoms with Crippen molar-refractivity contribution in [3.05, 3.63) is 36.5 Å². The number of aliphatic hydroxyl groups is 5. The van der Waals surface area contributed by atoms with Crippen LogP contribution in [-0.2, 0) is 23.8 Å². The van der Waals surface area contributed by atoms with E-state index in [1.807, 2.05) is 6.08 Å². The zero-order valence-electron chi connectivity index (χ0n) is 57.2. The molecule has 1 heterocycles. The highest BCUT2D eigenvalue weighted by atomic mass is 16.7. The second kappa shape index (κ2) is 64.0. The number of carbonyl (C=O) groups excluding carboxylic acids is 2. The number of hydrogen-bond donors (Lipinski definition) is 6. The summed E-state index contributed by atoms with van der Waals surface area (Å²) in [5.41, 5.74) is 0. The Balaban J connectivity index is 2.50. The van der Waals surface area contributed by atoms with E-state index in [1.165, 1.54) is 263 Å². The summed E-state index contributed by atoms with van der Waals surface area (Å²) >= 11 is 0. The number of unbranched alkanes of at least 4 members (excludes halogenated alkanes) is 48. The molecule has 6 N–H and O–H groups in total. The van der Waals surface area contributed by atoms with Crippen molar-refractivity contribution < 1.29 is 49.3 Å². The summed E-state index contributed by atoms with van der Waals surface area (Å²) in [7, 11) is 0. The third kappa shape index (κ3) is 51.1. The fourth-order valence-electron chi connectivity index (χ4n) is 12.1. The van der Waals surface area contributed by atoms with Crippen molar-refractivity contribution in [3.8, 4) is 0 Å². The van der Waals surface area contributed by atoms with Crippen LogP contribution in [0.1, 0.15) is 374 Å². The summed E-state index contributed by atoms with van der Waals surface area (Å²) in [6.07, 6.45) is 69.2. The van der Waals surface area contributed by atoms with E-state index < -0.39 is 67.4 Å². The number of nitrogens with one attached hydrogen (secondary N) is 1. The molecule has 0 bridgehead atoms. The second-order valence-electron chi connectivity index (χ2n) is 26.4. The third-order valence-electron chi connectivity index (χ3n) is 18.0. The van der Waals surface area contributed by atoms with Crippen LogP contribution >= 0.6 is 0 Å². The standard InChI is InChI=1S/C76H143NO10/c1-4-7-10-13-16-19-22-24-26-28-30-32-33-34-35-36-38-39-41-43-45-48-51-54-57-60-63-69(80)75(84)77-67(68(79)62-59-56-53-50-47-21-18-15-12-9-6-3)66-85-76-74(73(83)72(82)70(65-78)86-76)87-71(81)64-61-58-55-52-49-46-44-42-40-37-31-29-27-25-23-20-17-14-11-8-5-2/h17,20,25,27,59,62,67-70,72-74,76,78-80,82-83H,4-16,18-19,21-24,26,28-58,60-61,63-66H2,1-3H3,(H,77,84)/b20-17-,27-25-,62-59+. The Hall–Kier alpha value is -2.12. The summed E-state index contributed by atoms with van der Waals surface area (Å²) in [6, 6.07) is -1.02. The molecule has 0 aromatic heterocycles. The average Bonchev–Trinajstić information content (AvgIpc) is 3.60. The van der Waals surface area contributed by atoms with Gasteiger partial charge in [-0.15, -0.1) is 0 Å². The molecular formula is C76H143NO10. The molecule has 0 radical (unpaired) electrons. The van der Waals surface area contributed by atoms with Crippen molar-refractivity contribution in [3.63, 3.8) is 0 Å². The normalized spacial score (nSPS) is 18.4. The van der Waals surface area contributed by atoms with Gasteiger partial charge in [0.25, 0.3) is 0 Å². The van der Waals surface area contributed by atoms with Crippen LogP contribution in [0.3, 0.4) is 0 Å². The van der Waals surface area contributed by atoms with E-state index in [0.717, 1.165) is 64.2 Å². The summed E-state index contributed by atoms with van der Waals surface area (Å²) in [6.45, 7) is 5.82. The highest BCUT2D eigenvalue weighted by molar-refractivity contribution is 5.80. The van der Waals surface area contributed by atoms with E-state index in [0.29, 0.717) is 19.3 Å². The molecule has 1 amide bonds. The van der Waals surface area contributed by atoms with Gasteiger partial charge in [0.1, 0.15) is 24.4 Å². The molecule has 0 saturated carbocycles. The lowest BCUT2D eigenvalue weighted by Crippen LogP contribution is -2.61. The monoisotopic (exact) mass is 1230 g/mol. The molecule has 0 aromatic carbocycles. The molecule has 87 heavy (non-hydrogen) atoms. The quantitative estimate of drug-likeness (QED) is 0.0195. The van der Waals surface area contributed by atoms with Gasteiger partial charge in [0.15, 0.2) is 12.4 Å². The number of amides is 1. The minimum Gasteiger partial charge on any atom is -0.454 e. The first-order chi connectivity index (χ1) is 42.7. The van der Waals surface area contributed by atoms with Gasteiger partial charge in [-0.1, -0.05) is 346 Å². The fraction of sp³-hybridized carbons (Fsp3) is 0.895. The van der Waals surface area contributed by atoms with Crippen LogP contribution in [0.25, 0.3) is 0 Å². The molecule has 11 nitrogen and oxygen atoms in total. The summed E-state index contributed by atoms with van der Waals surface area (Å²) < 4.78 is 17.7. The number of ether oxygens (including phenoxy) is 3. The van der Waals surface area contributed by atoms with E-state index in [1.54, 1.807) is 6.08 Å². The summed E-state index contributed by atoms with van der Waals surface area (Å²) in [4.78, 5) is 26.7. The maximum Gasteiger partial charge on any atom is 0.306 e. The van der Waals surface area contributed by atoms with E-state index in [4.69, 9.17) is 14.2 Å². The topological polar surface area (TPSA) is 175 Å². The summed E-state index contributed by atoms with van der Waals surface area (Å²) in [5.74, 6) is -1.18. The Morgan fingerprint density at radius 1 is 0.448 bits per heavy atom. The predicted octanol–water partition coefficient (Wildman–Crippen LogP) is 19.7. The second-order valence-corrected chi connectivity index (χ2v) is 26.4. The van der Waals surface area contributed by atoms with Crippen molar-refractivity contribution in [1.29, 1.82) is 0 Å². The first-order valence-electron chi connectivity index (χ1n) is 37.8. The zero-order chi connectivity index (χ0) is 63.1. The van der Waals surface area contributed by atoms with E-state index in [2.05, 4.69) is 50.4 Å². The van der Waals surface area contributed by atoms with Gasteiger partial charge in [-0.25, -0.2) is 0 Å². The first kappa shape index (κ1) is 82.9. The van der Waals surface area contributed by atoms with Gasteiger partial charge in [0.05, 0.1) is 25.4 Å². The van der Waals surface area contributed by atoms with Crippen molar-refractivity contribution in [2.75, 3.05) is 13.2 Å². The van der Waals surface area contributed by atoms with Crippen LogP contribution < -0.4 is 5.32 Å². The molecule has 512 valence electrons. The SMILES string of the molecule is CCCCC/C=C\C/C=C\CCCCCCCCCCCCCC(=O)OC1C(OCC(NC(=O)C(O)CCCCCCCCCCCCCCCCCCCCCCCCCCCC)C(O)/C=C/CCCCCCCCCCC)OC(CO)C(O)C1O. The highest BCUT2D eigenvalue weighted by Gasteiger charge is 2.47. The average molecular weight is 1230 g/mol. The minimum absolute atomic E-state index is 0.124. The molecule has 1 aliphatic rings. The third-order valence-corrected chi connectivity index (χ3v) is 18.0. The van der Waals surface area contributed by atoms with E-state index >= 15 is 0 Å². The minimum atomic E-state index is -1.61. The van der Waals surface area contributed by atoms with Crippen LogP contribution in [-0.4, -0.2) is 99.6 Å². The smallest absolute Gasteiger partial charge is 0.306 e. The van der Waals surface area contributed by atoms with Crippen molar-refractivity contribution in [2.24, 2.45) is 0 Å². The van der Waals surface area contributed by atoms with Gasteiger partial charge < -0.3 is 45.1 Å². The van der Waals surface area contributed by atoms with Gasteiger partial charge >= 0.3 is 5.97 Å². The highest BCUT2D eigenvalue weighted by Crippen LogP contribution is 2.27. The van der Waals surface area contributed by atoms with Crippen LogP contribution in [0, 0.1) is 0 Å². The number of allylic oxidation sites excluding steroid dienone is 5. The number of aliphatic hydroxyl groups excluding tert-OH is 5. The molecular weight excluding hydrogens is 1090 g/mol. The number of hydrogen-bond acceptors (Lipinski definition) is 10. The van der Waals surface area contributed by atoms with Gasteiger partial charge in [-0.3, -0.25) is 9.59 Å². The van der Waals surface area contributed by atoms with Gasteiger partial charge in [0, 0.05) is 6.42 Å². The Morgan fingerprint density at radius 3 is 1.20 bits per heavy atom. The van der Waals surface area contributed by atoms with E-state index in [9.17, 15) is 35.1 Å². The predicted molar refractivity (Wildman–Crippen MR) is 366 cm³/mol. The maximum absolute atomic E-state index is 13.5. The van der Waals surface area contributed by atoms with Crippen LogP contribution in [0.15, 0.2) is 36.5 Å².